The van der Waals surface area contributed by atoms with Crippen LogP contribution in [0.4, 0.5) is 13.2 Å². The van der Waals surface area contributed by atoms with E-state index in [1.165, 1.54) is 6.07 Å². The zero-order valence-corrected chi connectivity index (χ0v) is 11.7. The Bertz CT molecular complexity index is 530. The molecule has 0 fully saturated rings. The summed E-state index contributed by atoms with van der Waals surface area (Å²) in [6.45, 7) is 0. The van der Waals surface area contributed by atoms with Crippen molar-refractivity contribution in [2.45, 2.75) is 11.4 Å². The van der Waals surface area contributed by atoms with Gasteiger partial charge in [-0.15, -0.1) is 0 Å². The fourth-order valence-electron chi connectivity index (χ4n) is 1.20. The Hall–Kier alpha value is 0.0200. The first kappa shape index (κ1) is 15.1. The topological polar surface area (TPSA) is 34.1 Å². The molecule has 1 rings (SSSR count). The first-order chi connectivity index (χ1) is 7.53. The molecule has 1 aromatic rings. The molecule has 0 spiro atoms. The second-order valence-electron chi connectivity index (χ2n) is 3.06. The fourth-order valence-corrected chi connectivity index (χ4v) is 3.28. The van der Waals surface area contributed by atoms with Crippen molar-refractivity contribution < 1.29 is 21.6 Å². The summed E-state index contributed by atoms with van der Waals surface area (Å²) in [5.41, 5.74) is -0.608. The van der Waals surface area contributed by atoms with Crippen molar-refractivity contribution >= 4 is 47.3 Å². The Morgan fingerprint density at radius 3 is 2.24 bits per heavy atom. The molecule has 17 heavy (non-hydrogen) atoms. The highest BCUT2D eigenvalue weighted by molar-refractivity contribution is 9.10. The van der Waals surface area contributed by atoms with Crippen LogP contribution in [0, 0.1) is 0 Å². The molecule has 0 heterocycles. The lowest BCUT2D eigenvalue weighted by Gasteiger charge is -2.18. The van der Waals surface area contributed by atoms with Crippen LogP contribution in [0.1, 0.15) is 10.8 Å². The van der Waals surface area contributed by atoms with Crippen LogP contribution < -0.4 is 0 Å². The van der Waals surface area contributed by atoms with Gasteiger partial charge in [0.2, 0.25) is 9.05 Å². The lowest BCUT2D eigenvalue weighted by atomic mass is 10.1. The first-order valence-corrected chi connectivity index (χ1v) is 7.53. The van der Waals surface area contributed by atoms with Gasteiger partial charge in [0.05, 0.1) is 0 Å². The Morgan fingerprint density at radius 2 is 1.82 bits per heavy atom. The summed E-state index contributed by atoms with van der Waals surface area (Å²) in [6, 6.07) is 3.52. The minimum absolute atomic E-state index is 0.270. The summed E-state index contributed by atoms with van der Waals surface area (Å²) in [6.07, 6.45) is -5.04. The van der Waals surface area contributed by atoms with Crippen molar-refractivity contribution in [3.05, 3.63) is 33.3 Å². The first-order valence-electron chi connectivity index (χ1n) is 3.98. The van der Waals surface area contributed by atoms with Gasteiger partial charge in [0, 0.05) is 25.7 Å². The van der Waals surface area contributed by atoms with Crippen LogP contribution in [-0.2, 0) is 9.05 Å². The van der Waals surface area contributed by atoms with Gasteiger partial charge in [0.1, 0.15) is 0 Å². The van der Waals surface area contributed by atoms with E-state index in [2.05, 4.69) is 15.9 Å². The molecule has 0 bridgehead atoms. The Kier molecular flexibility index (Phi) is 4.39. The molecular weight excluding hydrogens is 368 g/mol. The Labute approximate surface area is 113 Å². The number of benzene rings is 1. The van der Waals surface area contributed by atoms with Crippen molar-refractivity contribution in [1.29, 1.82) is 0 Å². The third-order valence-electron chi connectivity index (χ3n) is 1.82. The number of halogens is 6. The molecule has 96 valence electrons. The largest absolute Gasteiger partial charge is 0.410 e. The van der Waals surface area contributed by atoms with Crippen molar-refractivity contribution in [1.82, 2.24) is 0 Å². The predicted octanol–water partition coefficient (Wildman–Crippen LogP) is 4.27. The van der Waals surface area contributed by atoms with Crippen LogP contribution in [0.3, 0.4) is 0 Å². The van der Waals surface area contributed by atoms with Crippen molar-refractivity contribution in [2.24, 2.45) is 0 Å². The fraction of sp³-hybridized carbons (Fsp3) is 0.250. The molecule has 0 radical (unpaired) electrons. The van der Waals surface area contributed by atoms with Crippen LogP contribution in [0.5, 0.6) is 0 Å². The second-order valence-corrected chi connectivity index (χ2v) is 7.10. The van der Waals surface area contributed by atoms with Crippen LogP contribution >= 0.6 is 38.2 Å². The van der Waals surface area contributed by atoms with Crippen LogP contribution in [0.2, 0.25) is 5.02 Å². The highest BCUT2D eigenvalue weighted by Crippen LogP contribution is 2.44. The number of hydrogen-bond acceptors (Lipinski definition) is 2. The normalized spacial score (nSPS) is 14.7. The lowest BCUT2D eigenvalue weighted by molar-refractivity contribution is -0.131. The van der Waals surface area contributed by atoms with Gasteiger partial charge in [-0.05, 0) is 18.2 Å². The number of alkyl halides is 3. The van der Waals surface area contributed by atoms with E-state index in [4.69, 9.17) is 22.3 Å². The molecule has 0 amide bonds. The van der Waals surface area contributed by atoms with E-state index in [1.807, 2.05) is 0 Å². The molecule has 1 aromatic carbocycles. The van der Waals surface area contributed by atoms with E-state index < -0.39 is 26.0 Å². The summed E-state index contributed by atoms with van der Waals surface area (Å²) < 4.78 is 60.3. The maximum Gasteiger partial charge on any atom is 0.410 e. The third-order valence-corrected chi connectivity index (χ3v) is 4.28. The SMILES string of the molecule is O=S(=O)(Cl)C(c1cc(Br)ccc1Cl)C(F)(F)F. The molecule has 0 saturated carbocycles. The number of rotatable bonds is 2. The smallest absolute Gasteiger partial charge is 0.211 e. The Morgan fingerprint density at radius 1 is 1.29 bits per heavy atom. The maximum atomic E-state index is 12.7. The second kappa shape index (κ2) is 4.95. The van der Waals surface area contributed by atoms with Gasteiger partial charge >= 0.3 is 6.18 Å². The van der Waals surface area contributed by atoms with E-state index in [9.17, 15) is 21.6 Å². The van der Waals surface area contributed by atoms with Crippen molar-refractivity contribution in [2.75, 3.05) is 0 Å². The van der Waals surface area contributed by atoms with Crippen molar-refractivity contribution in [3.8, 4) is 0 Å². The maximum absolute atomic E-state index is 12.7. The highest BCUT2D eigenvalue weighted by atomic mass is 79.9. The highest BCUT2D eigenvalue weighted by Gasteiger charge is 2.50. The summed E-state index contributed by atoms with van der Waals surface area (Å²) >= 11 is 8.49. The van der Waals surface area contributed by atoms with E-state index in [0.717, 1.165) is 12.1 Å². The van der Waals surface area contributed by atoms with Gasteiger partial charge in [0.25, 0.3) is 0 Å². The minimum atomic E-state index is -5.04. The van der Waals surface area contributed by atoms with Crippen LogP contribution in [-0.4, -0.2) is 14.6 Å². The predicted molar refractivity (Wildman–Crippen MR) is 62.7 cm³/mol. The average molecular weight is 372 g/mol. The van der Waals surface area contributed by atoms with Crippen LogP contribution in [0.25, 0.3) is 0 Å². The molecule has 0 aliphatic carbocycles. The summed E-state index contributed by atoms with van der Waals surface area (Å²) in [7, 11) is -0.0520. The van der Waals surface area contributed by atoms with Gasteiger partial charge in [0.15, 0.2) is 5.25 Å². The molecule has 2 nitrogen and oxygen atoms in total. The monoisotopic (exact) mass is 370 g/mol. The van der Waals surface area contributed by atoms with Gasteiger partial charge in [-0.25, -0.2) is 8.42 Å². The minimum Gasteiger partial charge on any atom is -0.211 e. The molecule has 0 saturated heterocycles. The van der Waals surface area contributed by atoms with Gasteiger partial charge in [-0.2, -0.15) is 13.2 Å². The van der Waals surface area contributed by atoms with Gasteiger partial charge < -0.3 is 0 Å². The molecule has 0 aliphatic rings. The summed E-state index contributed by atoms with van der Waals surface area (Å²) in [4.78, 5) is 0. The van der Waals surface area contributed by atoms with Crippen LogP contribution in [0.15, 0.2) is 22.7 Å². The van der Waals surface area contributed by atoms with Gasteiger partial charge in [-0.3, -0.25) is 0 Å². The third kappa shape index (κ3) is 3.74. The molecule has 0 aromatic heterocycles. The molecule has 0 aliphatic heterocycles. The van der Waals surface area contributed by atoms with Gasteiger partial charge in [-0.1, -0.05) is 27.5 Å². The number of hydrogen-bond donors (Lipinski definition) is 0. The van der Waals surface area contributed by atoms with E-state index in [1.54, 1.807) is 0 Å². The molecular formula is C8H4BrCl2F3O2S. The zero-order valence-electron chi connectivity index (χ0n) is 7.80. The van der Waals surface area contributed by atoms with E-state index in [-0.39, 0.29) is 9.50 Å². The quantitative estimate of drug-likeness (QED) is 0.727. The summed E-state index contributed by atoms with van der Waals surface area (Å²) in [5, 5.41) is -3.17. The molecule has 0 N–H and O–H groups in total. The summed E-state index contributed by atoms with van der Waals surface area (Å²) in [5.74, 6) is 0. The lowest BCUT2D eigenvalue weighted by Crippen LogP contribution is -2.26. The average Bonchev–Trinajstić information content (AvgIpc) is 2.06. The Balaban J connectivity index is 3.49. The molecule has 1 unspecified atom stereocenters. The zero-order chi connectivity index (χ0) is 13.4. The van der Waals surface area contributed by atoms with Crippen molar-refractivity contribution in [3.63, 3.8) is 0 Å². The molecule has 1 atom stereocenters. The van der Waals surface area contributed by atoms with E-state index >= 15 is 0 Å². The van der Waals surface area contributed by atoms with E-state index in [0.29, 0.717) is 0 Å². The standard InChI is InChI=1S/C8H4BrCl2F3O2S/c9-4-1-2-6(10)5(3-4)7(8(12,13)14)17(11,15)16/h1-3,7H. The molecule has 9 heteroatoms.